The van der Waals surface area contributed by atoms with E-state index in [4.69, 9.17) is 4.74 Å². The number of H-pyrrole nitrogens is 1. The van der Waals surface area contributed by atoms with Crippen LogP contribution in [0.15, 0.2) is 65.5 Å². The van der Waals surface area contributed by atoms with Gasteiger partial charge in [0.05, 0.1) is 11.3 Å². The number of para-hydroxylation sites is 1. The van der Waals surface area contributed by atoms with Crippen molar-refractivity contribution in [1.82, 2.24) is 20.0 Å². The zero-order valence-electron chi connectivity index (χ0n) is 24.1. The number of nitrogens with zero attached hydrogens (tertiary/aromatic N) is 3. The molecule has 4 rings (SSSR count). The SMILES string of the molecule is CC(C)(C)OC(=O)CCC(NC(=O)c1cc(=O)n(-c2ccccc2)[nH]1)C(=O)N1CCN(c2cccc(C(F)(F)F)c2)CC1. The Kier molecular flexibility index (Phi) is 9.31. The first kappa shape index (κ1) is 31.4. The van der Waals surface area contributed by atoms with Gasteiger partial charge in [0.2, 0.25) is 5.91 Å². The van der Waals surface area contributed by atoms with Crippen LogP contribution in [0.3, 0.4) is 0 Å². The summed E-state index contributed by atoms with van der Waals surface area (Å²) in [6, 6.07) is 13.6. The predicted octanol–water partition coefficient (Wildman–Crippen LogP) is 3.75. The van der Waals surface area contributed by atoms with Gasteiger partial charge in [-0.15, -0.1) is 0 Å². The Labute approximate surface area is 246 Å². The summed E-state index contributed by atoms with van der Waals surface area (Å²) in [5, 5.41) is 5.39. The third-order valence-corrected chi connectivity index (χ3v) is 6.77. The fourth-order valence-electron chi connectivity index (χ4n) is 4.71. The summed E-state index contributed by atoms with van der Waals surface area (Å²) in [6.45, 7) is 6.07. The molecule has 1 aromatic heterocycles. The first-order chi connectivity index (χ1) is 20.2. The Balaban J connectivity index is 1.47. The summed E-state index contributed by atoms with van der Waals surface area (Å²) in [6.07, 6.45) is -4.68. The largest absolute Gasteiger partial charge is 0.460 e. The molecule has 1 atom stereocenters. The van der Waals surface area contributed by atoms with E-state index >= 15 is 0 Å². The van der Waals surface area contributed by atoms with Gasteiger partial charge in [-0.3, -0.25) is 24.3 Å². The molecule has 2 heterocycles. The molecule has 2 amide bonds. The van der Waals surface area contributed by atoms with Crippen molar-refractivity contribution in [1.29, 1.82) is 0 Å². The van der Waals surface area contributed by atoms with Gasteiger partial charge in [0.1, 0.15) is 17.3 Å². The van der Waals surface area contributed by atoms with Crippen LogP contribution in [0.1, 0.15) is 49.7 Å². The van der Waals surface area contributed by atoms with Gasteiger partial charge in [-0.2, -0.15) is 13.2 Å². The smallest absolute Gasteiger partial charge is 0.416 e. The number of nitrogens with one attached hydrogen (secondary N) is 2. The summed E-state index contributed by atoms with van der Waals surface area (Å²) < 4.78 is 46.1. The third kappa shape index (κ3) is 8.27. The minimum Gasteiger partial charge on any atom is -0.460 e. The van der Waals surface area contributed by atoms with E-state index in [1.807, 2.05) is 0 Å². The van der Waals surface area contributed by atoms with Gasteiger partial charge in [0, 0.05) is 44.4 Å². The number of esters is 1. The summed E-state index contributed by atoms with van der Waals surface area (Å²) in [5.41, 5.74) is -1.13. The van der Waals surface area contributed by atoms with Crippen LogP contribution in [-0.4, -0.2) is 70.3 Å². The topological polar surface area (TPSA) is 117 Å². The number of piperazine rings is 1. The van der Waals surface area contributed by atoms with Crippen LogP contribution in [0.5, 0.6) is 0 Å². The van der Waals surface area contributed by atoms with E-state index in [1.54, 1.807) is 62.1 Å². The van der Waals surface area contributed by atoms with Crippen molar-refractivity contribution in [3.05, 3.63) is 82.3 Å². The standard InChI is InChI=1S/C30H34F3N5O5/c1-29(2,3)43-26(40)13-12-23(34-27(41)24-19-25(39)38(35-24)21-9-5-4-6-10-21)28(42)37-16-14-36(15-17-37)22-11-7-8-20(18-22)30(31,32)33/h4-11,18-19,23,35H,12-17H2,1-3H3,(H,34,41). The van der Waals surface area contributed by atoms with Crippen molar-refractivity contribution in [2.75, 3.05) is 31.1 Å². The molecule has 230 valence electrons. The third-order valence-electron chi connectivity index (χ3n) is 6.77. The van der Waals surface area contributed by atoms with E-state index in [2.05, 4.69) is 10.4 Å². The molecule has 2 N–H and O–H groups in total. The maximum atomic E-state index is 13.6. The van der Waals surface area contributed by atoms with Crippen molar-refractivity contribution in [2.24, 2.45) is 0 Å². The normalized spacial score (nSPS) is 14.7. The highest BCUT2D eigenvalue weighted by atomic mass is 19.4. The summed E-state index contributed by atoms with van der Waals surface area (Å²) in [7, 11) is 0. The Hall–Kier alpha value is -4.55. The molecule has 0 aliphatic carbocycles. The molecule has 1 unspecified atom stereocenters. The highest BCUT2D eigenvalue weighted by Crippen LogP contribution is 2.32. The first-order valence-electron chi connectivity index (χ1n) is 13.8. The minimum atomic E-state index is -4.47. The molecule has 13 heteroatoms. The number of aromatic nitrogens is 2. The number of anilines is 1. The van der Waals surface area contributed by atoms with Gasteiger partial charge in [-0.05, 0) is 57.5 Å². The molecule has 2 aromatic carbocycles. The number of rotatable bonds is 8. The molecule has 3 aromatic rings. The zero-order chi connectivity index (χ0) is 31.4. The van der Waals surface area contributed by atoms with Crippen molar-refractivity contribution < 1.29 is 32.3 Å². The molecule has 1 aliphatic rings. The van der Waals surface area contributed by atoms with Crippen molar-refractivity contribution in [3.8, 4) is 5.69 Å². The zero-order valence-corrected chi connectivity index (χ0v) is 24.1. The van der Waals surface area contributed by atoms with Crippen LogP contribution >= 0.6 is 0 Å². The van der Waals surface area contributed by atoms with Crippen LogP contribution in [0.4, 0.5) is 18.9 Å². The highest BCUT2D eigenvalue weighted by molar-refractivity contribution is 5.96. The van der Waals surface area contributed by atoms with E-state index in [0.717, 1.165) is 18.2 Å². The number of alkyl halides is 3. The monoisotopic (exact) mass is 601 g/mol. The van der Waals surface area contributed by atoms with Gasteiger partial charge in [-0.1, -0.05) is 24.3 Å². The second-order valence-corrected chi connectivity index (χ2v) is 11.2. The number of carbonyl (C=O) groups is 3. The fraction of sp³-hybridized carbons (Fsp3) is 0.400. The van der Waals surface area contributed by atoms with E-state index < -0.39 is 46.7 Å². The maximum absolute atomic E-state index is 13.6. The number of aromatic amines is 1. The fourth-order valence-corrected chi connectivity index (χ4v) is 4.71. The number of carbonyl (C=O) groups excluding carboxylic acids is 3. The summed E-state index contributed by atoms with van der Waals surface area (Å²) in [4.78, 5) is 55.0. The van der Waals surface area contributed by atoms with Crippen LogP contribution in [0.2, 0.25) is 0 Å². The van der Waals surface area contributed by atoms with E-state index in [0.29, 0.717) is 11.4 Å². The van der Waals surface area contributed by atoms with E-state index in [-0.39, 0.29) is 44.7 Å². The Bertz CT molecular complexity index is 1500. The lowest BCUT2D eigenvalue weighted by atomic mass is 10.1. The Morgan fingerprint density at radius 1 is 0.930 bits per heavy atom. The predicted molar refractivity (Wildman–Crippen MR) is 153 cm³/mol. The van der Waals surface area contributed by atoms with E-state index in [1.165, 1.54) is 15.6 Å². The van der Waals surface area contributed by atoms with Crippen molar-refractivity contribution in [2.45, 2.75) is 51.4 Å². The number of hydrogen-bond donors (Lipinski definition) is 2. The molecule has 0 radical (unpaired) electrons. The maximum Gasteiger partial charge on any atom is 0.416 e. The van der Waals surface area contributed by atoms with Crippen LogP contribution in [0.25, 0.3) is 5.69 Å². The van der Waals surface area contributed by atoms with Crippen molar-refractivity contribution >= 4 is 23.5 Å². The quantitative estimate of drug-likeness (QED) is 0.380. The molecule has 43 heavy (non-hydrogen) atoms. The molecule has 0 spiro atoms. The second-order valence-electron chi connectivity index (χ2n) is 11.2. The lowest BCUT2D eigenvalue weighted by Gasteiger charge is -2.37. The molecule has 0 bridgehead atoms. The van der Waals surface area contributed by atoms with Gasteiger partial charge >= 0.3 is 12.1 Å². The van der Waals surface area contributed by atoms with E-state index in [9.17, 15) is 32.3 Å². The van der Waals surface area contributed by atoms with Gasteiger partial charge < -0.3 is 19.9 Å². The second kappa shape index (κ2) is 12.8. The molecule has 10 nitrogen and oxygen atoms in total. The molecule has 1 saturated heterocycles. The van der Waals surface area contributed by atoms with Gasteiger partial charge in [0.15, 0.2) is 0 Å². The first-order valence-corrected chi connectivity index (χ1v) is 13.8. The Morgan fingerprint density at radius 2 is 1.58 bits per heavy atom. The molecule has 1 fully saturated rings. The summed E-state index contributed by atoms with van der Waals surface area (Å²) >= 11 is 0. The molecular weight excluding hydrogens is 567 g/mol. The molecule has 0 saturated carbocycles. The highest BCUT2D eigenvalue weighted by Gasteiger charge is 2.33. The van der Waals surface area contributed by atoms with Gasteiger partial charge in [0.25, 0.3) is 11.5 Å². The number of ether oxygens (including phenoxy) is 1. The number of halogens is 3. The van der Waals surface area contributed by atoms with Gasteiger partial charge in [-0.25, -0.2) is 4.68 Å². The summed E-state index contributed by atoms with van der Waals surface area (Å²) in [5.74, 6) is -1.71. The lowest BCUT2D eigenvalue weighted by Crippen LogP contribution is -2.55. The minimum absolute atomic E-state index is 0.0586. The molecule has 1 aliphatic heterocycles. The number of hydrogen-bond acceptors (Lipinski definition) is 6. The Morgan fingerprint density at radius 3 is 2.21 bits per heavy atom. The number of benzene rings is 2. The van der Waals surface area contributed by atoms with Crippen LogP contribution in [0, 0.1) is 0 Å². The van der Waals surface area contributed by atoms with Crippen LogP contribution in [-0.2, 0) is 20.5 Å². The molecular formula is C30H34F3N5O5. The average molecular weight is 602 g/mol. The van der Waals surface area contributed by atoms with Crippen molar-refractivity contribution in [3.63, 3.8) is 0 Å². The number of amides is 2. The average Bonchev–Trinajstić information content (AvgIpc) is 3.35. The van der Waals surface area contributed by atoms with Crippen LogP contribution < -0.4 is 15.8 Å². The lowest BCUT2D eigenvalue weighted by molar-refractivity contribution is -0.155.